The summed E-state index contributed by atoms with van der Waals surface area (Å²) >= 11 is 1.59. The molecule has 0 bridgehead atoms. The number of allylic oxidation sites excluding steroid dienone is 2. The van der Waals surface area contributed by atoms with Gasteiger partial charge in [0.1, 0.15) is 11.1 Å². The number of anilines is 1. The summed E-state index contributed by atoms with van der Waals surface area (Å²) in [6, 6.07) is 8.12. The number of nitriles is 1. The number of thiophene rings is 1. The number of hydrogen-bond acceptors (Lipinski definition) is 6. The minimum Gasteiger partial charge on any atom is -0.454 e. The monoisotopic (exact) mass is 474 g/mol. The van der Waals surface area contributed by atoms with Crippen LogP contribution in [0.15, 0.2) is 29.5 Å². The van der Waals surface area contributed by atoms with Crippen LogP contribution >= 0.6 is 11.3 Å². The van der Waals surface area contributed by atoms with E-state index in [1.54, 1.807) is 16.2 Å². The number of amides is 1. The third-order valence-corrected chi connectivity index (χ3v) is 8.72. The Kier molecular flexibility index (Phi) is 5.41. The number of aryl methyl sites for hydroxylation is 1. The Morgan fingerprint density at radius 1 is 0.971 bits per heavy atom. The van der Waals surface area contributed by atoms with E-state index in [9.17, 15) is 14.9 Å². The fraction of sp³-hybridized carbons (Fsp3) is 0.444. The van der Waals surface area contributed by atoms with Crippen molar-refractivity contribution < 1.29 is 19.1 Å². The van der Waals surface area contributed by atoms with Crippen molar-refractivity contribution >= 4 is 28.0 Å². The van der Waals surface area contributed by atoms with E-state index in [1.807, 2.05) is 18.2 Å². The summed E-state index contributed by atoms with van der Waals surface area (Å²) in [5, 5.41) is 10.8. The van der Waals surface area contributed by atoms with Gasteiger partial charge in [-0.15, -0.1) is 11.3 Å². The lowest BCUT2D eigenvalue weighted by molar-refractivity contribution is -0.119. The number of Topliss-reactive ketones (excluding diaryl/α,β-unsaturated/α-hetero) is 1. The Balaban J connectivity index is 1.48. The van der Waals surface area contributed by atoms with E-state index >= 15 is 0 Å². The number of nitrogens with zero attached hydrogens (tertiary/aromatic N) is 2. The molecule has 0 fully saturated rings. The average molecular weight is 475 g/mol. The van der Waals surface area contributed by atoms with Crippen LogP contribution in [0.5, 0.6) is 11.5 Å². The molecule has 1 aromatic carbocycles. The van der Waals surface area contributed by atoms with Crippen LogP contribution in [0.1, 0.15) is 78.9 Å². The highest BCUT2D eigenvalue weighted by molar-refractivity contribution is 7.16. The number of fused-ring (bicyclic) bond motifs is 2. The van der Waals surface area contributed by atoms with E-state index in [2.05, 4.69) is 6.07 Å². The Morgan fingerprint density at radius 3 is 2.65 bits per heavy atom. The van der Waals surface area contributed by atoms with Gasteiger partial charge < -0.3 is 9.47 Å². The molecule has 1 amide bonds. The van der Waals surface area contributed by atoms with E-state index in [0.29, 0.717) is 29.9 Å². The quantitative estimate of drug-likeness (QED) is 0.571. The lowest BCUT2D eigenvalue weighted by Gasteiger charge is -2.37. The van der Waals surface area contributed by atoms with Gasteiger partial charge in [0.15, 0.2) is 17.3 Å². The summed E-state index contributed by atoms with van der Waals surface area (Å²) in [5.74, 6) is 1.11. The van der Waals surface area contributed by atoms with Gasteiger partial charge in [0.05, 0.1) is 5.56 Å². The van der Waals surface area contributed by atoms with Crippen LogP contribution in [0.25, 0.3) is 0 Å². The van der Waals surface area contributed by atoms with Crippen molar-refractivity contribution in [1.29, 1.82) is 5.26 Å². The summed E-state index contributed by atoms with van der Waals surface area (Å²) in [4.78, 5) is 29.9. The first-order chi connectivity index (χ1) is 16.7. The van der Waals surface area contributed by atoms with Gasteiger partial charge in [0.2, 0.25) is 12.7 Å². The molecule has 6 rings (SSSR count). The molecule has 6 nitrogen and oxygen atoms in total. The van der Waals surface area contributed by atoms with Gasteiger partial charge in [0.25, 0.3) is 0 Å². The van der Waals surface area contributed by atoms with Crippen LogP contribution in [0, 0.1) is 11.3 Å². The Labute approximate surface area is 202 Å². The van der Waals surface area contributed by atoms with Crippen molar-refractivity contribution in [2.24, 2.45) is 0 Å². The SMILES string of the molecule is N#Cc1c(N2C(=O)CC(c3ccc4c(c3)OCO4)C3=C2CCCC3=O)sc2c1CCCCCC2. The summed E-state index contributed by atoms with van der Waals surface area (Å²) in [6.07, 6.45) is 8.52. The van der Waals surface area contributed by atoms with Crippen LogP contribution in [0.3, 0.4) is 0 Å². The summed E-state index contributed by atoms with van der Waals surface area (Å²) in [7, 11) is 0. The smallest absolute Gasteiger partial charge is 0.232 e. The molecule has 2 aliphatic heterocycles. The van der Waals surface area contributed by atoms with Crippen LogP contribution in [-0.4, -0.2) is 18.5 Å². The zero-order valence-corrected chi connectivity index (χ0v) is 19.8. The number of ether oxygens (including phenoxy) is 2. The molecule has 2 aromatic rings. The van der Waals surface area contributed by atoms with Gasteiger partial charge in [-0.2, -0.15) is 5.26 Å². The number of ketones is 1. The lowest BCUT2D eigenvalue weighted by atomic mass is 9.77. The second-order valence-electron chi connectivity index (χ2n) is 9.45. The molecule has 0 radical (unpaired) electrons. The van der Waals surface area contributed by atoms with Gasteiger partial charge in [-0.25, -0.2) is 0 Å². The molecule has 2 aliphatic carbocycles. The first kappa shape index (κ1) is 21.4. The topological polar surface area (TPSA) is 79.6 Å². The molecule has 4 aliphatic rings. The van der Waals surface area contributed by atoms with Gasteiger partial charge in [-0.1, -0.05) is 18.9 Å². The van der Waals surface area contributed by atoms with Crippen molar-refractivity contribution in [3.63, 3.8) is 0 Å². The predicted molar refractivity (Wildman–Crippen MR) is 128 cm³/mol. The van der Waals surface area contributed by atoms with E-state index in [4.69, 9.17) is 9.47 Å². The second kappa shape index (κ2) is 8.59. The van der Waals surface area contributed by atoms with Crippen LogP contribution in [-0.2, 0) is 22.4 Å². The highest BCUT2D eigenvalue weighted by atomic mass is 32.1. The molecular formula is C27H26N2O4S. The van der Waals surface area contributed by atoms with E-state index < -0.39 is 0 Å². The normalized spacial score (nSPS) is 22.1. The molecule has 0 saturated heterocycles. The largest absolute Gasteiger partial charge is 0.454 e. The molecule has 0 N–H and O–H groups in total. The van der Waals surface area contributed by atoms with Gasteiger partial charge in [-0.05, 0) is 61.8 Å². The fourth-order valence-electron chi connectivity index (χ4n) is 5.82. The Hall–Kier alpha value is -3.11. The van der Waals surface area contributed by atoms with Crippen LogP contribution in [0.2, 0.25) is 0 Å². The molecule has 0 spiro atoms. The predicted octanol–water partition coefficient (Wildman–Crippen LogP) is 5.54. The Morgan fingerprint density at radius 2 is 1.79 bits per heavy atom. The van der Waals surface area contributed by atoms with Gasteiger partial charge in [0, 0.05) is 34.9 Å². The van der Waals surface area contributed by atoms with Crippen molar-refractivity contribution in [1.82, 2.24) is 0 Å². The Bertz CT molecular complexity index is 1270. The van der Waals surface area contributed by atoms with Crippen molar-refractivity contribution in [3.8, 4) is 17.6 Å². The van der Waals surface area contributed by atoms with Crippen LogP contribution < -0.4 is 14.4 Å². The summed E-state index contributed by atoms with van der Waals surface area (Å²) in [6.45, 7) is 0.184. The maximum atomic E-state index is 13.7. The zero-order chi connectivity index (χ0) is 23.2. The van der Waals surface area contributed by atoms with Gasteiger partial charge >= 0.3 is 0 Å². The number of rotatable bonds is 2. The molecule has 1 unspecified atom stereocenters. The number of carbonyl (C=O) groups is 2. The fourth-order valence-corrected chi connectivity index (χ4v) is 7.20. The summed E-state index contributed by atoms with van der Waals surface area (Å²) < 4.78 is 11.0. The molecule has 7 heteroatoms. The van der Waals surface area contributed by atoms with Crippen molar-refractivity contribution in [3.05, 3.63) is 51.0 Å². The maximum absolute atomic E-state index is 13.7. The standard InChI is InChI=1S/C27H26N2O4S/c28-14-19-17-6-3-1-2-4-9-24(17)34-27(19)29-20-7-5-8-21(30)26(20)18(13-25(29)31)16-10-11-22-23(12-16)33-15-32-22/h10-12,18H,1-9,13,15H2. The van der Waals surface area contributed by atoms with Gasteiger partial charge in [-0.3, -0.25) is 14.5 Å². The second-order valence-corrected chi connectivity index (χ2v) is 10.5. The van der Waals surface area contributed by atoms with E-state index in [-0.39, 0.29) is 30.8 Å². The lowest BCUT2D eigenvalue weighted by Crippen LogP contribution is -2.40. The molecule has 1 aromatic heterocycles. The molecular weight excluding hydrogens is 448 g/mol. The average Bonchev–Trinajstić information content (AvgIpc) is 3.42. The minimum absolute atomic E-state index is 0.0400. The molecule has 0 saturated carbocycles. The number of carbonyl (C=O) groups excluding carboxylic acids is 2. The highest BCUT2D eigenvalue weighted by Gasteiger charge is 2.42. The third-order valence-electron chi connectivity index (χ3n) is 7.44. The minimum atomic E-state index is -0.299. The van der Waals surface area contributed by atoms with Crippen LogP contribution in [0.4, 0.5) is 5.00 Å². The maximum Gasteiger partial charge on any atom is 0.232 e. The molecule has 1 atom stereocenters. The van der Waals surface area contributed by atoms with E-state index in [0.717, 1.165) is 59.5 Å². The summed E-state index contributed by atoms with van der Waals surface area (Å²) in [5.41, 5.74) is 4.19. The highest BCUT2D eigenvalue weighted by Crippen LogP contribution is 2.48. The molecule has 3 heterocycles. The third kappa shape index (κ3) is 3.43. The van der Waals surface area contributed by atoms with E-state index in [1.165, 1.54) is 17.7 Å². The number of hydrogen-bond donors (Lipinski definition) is 0. The number of benzene rings is 1. The molecule has 34 heavy (non-hydrogen) atoms. The first-order valence-electron chi connectivity index (χ1n) is 12.2. The zero-order valence-electron chi connectivity index (χ0n) is 19.0. The first-order valence-corrected chi connectivity index (χ1v) is 13.0. The molecule has 174 valence electrons. The van der Waals surface area contributed by atoms with Crippen molar-refractivity contribution in [2.45, 2.75) is 70.1 Å². The van der Waals surface area contributed by atoms with Crippen molar-refractivity contribution in [2.75, 3.05) is 11.7 Å².